The second-order valence-electron chi connectivity index (χ2n) is 7.54. The Balaban J connectivity index is 1.57. The van der Waals surface area contributed by atoms with Crippen LogP contribution in [0.3, 0.4) is 0 Å². The number of carbonyl (C=O) groups is 2. The number of nitrogens with one attached hydrogen (secondary N) is 1. The van der Waals surface area contributed by atoms with Crippen molar-refractivity contribution in [3.63, 3.8) is 0 Å². The highest BCUT2D eigenvalue weighted by Gasteiger charge is 2.17. The van der Waals surface area contributed by atoms with E-state index in [4.69, 9.17) is 9.47 Å². The van der Waals surface area contributed by atoms with Gasteiger partial charge in [0.05, 0.1) is 31.2 Å². The minimum Gasteiger partial charge on any atom is -0.493 e. The molecule has 0 aliphatic heterocycles. The van der Waals surface area contributed by atoms with Crippen molar-refractivity contribution < 1.29 is 23.5 Å². The summed E-state index contributed by atoms with van der Waals surface area (Å²) in [5.41, 5.74) is 2.89. The van der Waals surface area contributed by atoms with E-state index in [1.165, 1.54) is 31.6 Å². The maximum Gasteiger partial charge on any atom is 0.251 e. The normalized spacial score (nSPS) is 10.8. The number of Topliss-reactive ketones (excluding diaryl/α,β-unsaturated/α-hetero) is 1. The van der Waals surface area contributed by atoms with Crippen molar-refractivity contribution in [1.82, 2.24) is 10.3 Å². The maximum atomic E-state index is 14.2. The van der Waals surface area contributed by atoms with Crippen molar-refractivity contribution in [3.05, 3.63) is 76.5 Å². The molecule has 8 heteroatoms. The molecule has 1 amide bonds. The van der Waals surface area contributed by atoms with Crippen molar-refractivity contribution in [3.8, 4) is 22.8 Å². The molecule has 174 valence electrons. The maximum absolute atomic E-state index is 14.2. The van der Waals surface area contributed by atoms with Gasteiger partial charge in [-0.05, 0) is 48.4 Å². The van der Waals surface area contributed by atoms with Crippen LogP contribution in [-0.2, 0) is 6.42 Å². The number of rotatable bonds is 8. The lowest BCUT2D eigenvalue weighted by Crippen LogP contribution is -2.30. The number of pyridine rings is 1. The van der Waals surface area contributed by atoms with Gasteiger partial charge in [-0.1, -0.05) is 19.1 Å². The zero-order chi connectivity index (χ0) is 24.2. The van der Waals surface area contributed by atoms with Gasteiger partial charge in [0.1, 0.15) is 11.5 Å². The summed E-state index contributed by atoms with van der Waals surface area (Å²) in [7, 11) is 3.00. The molecule has 0 bridgehead atoms. The van der Waals surface area contributed by atoms with E-state index in [2.05, 4.69) is 10.3 Å². The molecule has 1 N–H and O–H groups in total. The van der Waals surface area contributed by atoms with E-state index in [1.807, 2.05) is 24.4 Å². The topological polar surface area (TPSA) is 77.5 Å². The Kier molecular flexibility index (Phi) is 6.88. The molecule has 2 heterocycles. The van der Waals surface area contributed by atoms with Crippen molar-refractivity contribution >= 4 is 33.1 Å². The molecular formula is C26H23FN2O4S. The van der Waals surface area contributed by atoms with Crippen LogP contribution in [0.5, 0.6) is 11.5 Å². The predicted molar refractivity (Wildman–Crippen MR) is 131 cm³/mol. The third-order valence-electron chi connectivity index (χ3n) is 5.46. The molecule has 0 fully saturated rings. The number of hydrogen-bond donors (Lipinski definition) is 1. The van der Waals surface area contributed by atoms with Gasteiger partial charge < -0.3 is 14.8 Å². The lowest BCUT2D eigenvalue weighted by atomic mass is 10.0. The number of carbonyl (C=O) groups excluding carboxylic acids is 2. The fourth-order valence-electron chi connectivity index (χ4n) is 3.62. The predicted octanol–water partition coefficient (Wildman–Crippen LogP) is 5.29. The molecule has 0 aliphatic rings. The van der Waals surface area contributed by atoms with Crippen LogP contribution < -0.4 is 14.8 Å². The van der Waals surface area contributed by atoms with Crippen LogP contribution >= 0.6 is 11.3 Å². The first-order chi connectivity index (χ1) is 16.4. The number of methoxy groups -OCH3 is 2. The summed E-state index contributed by atoms with van der Waals surface area (Å²) >= 11 is 1.30. The molecule has 2 aromatic heterocycles. The fraction of sp³-hybridized carbons (Fsp3) is 0.192. The van der Waals surface area contributed by atoms with Crippen molar-refractivity contribution in [2.24, 2.45) is 0 Å². The number of aromatic nitrogens is 1. The SMILES string of the molecule is CCc1cc(C(=O)CNC(=O)c2ccc(OC)c(OC)c2)nc(-c2csc3c(F)cccc23)c1. The van der Waals surface area contributed by atoms with Gasteiger partial charge in [0.25, 0.3) is 5.91 Å². The highest BCUT2D eigenvalue weighted by atomic mass is 32.1. The third-order valence-corrected chi connectivity index (χ3v) is 6.47. The lowest BCUT2D eigenvalue weighted by Gasteiger charge is -2.10. The highest BCUT2D eigenvalue weighted by molar-refractivity contribution is 7.17. The quantitative estimate of drug-likeness (QED) is 0.348. The number of benzene rings is 2. The zero-order valence-electron chi connectivity index (χ0n) is 19.0. The van der Waals surface area contributed by atoms with Crippen LogP contribution in [0.15, 0.2) is 53.9 Å². The number of amides is 1. The standard InChI is InChI=1S/C26H23FN2O4S/c1-4-15-10-20(18-14-34-25-17(18)6-5-7-19(25)27)29-21(11-15)22(30)13-28-26(31)16-8-9-23(32-2)24(12-16)33-3/h5-12,14H,4,13H2,1-3H3,(H,28,31). The van der Waals surface area contributed by atoms with E-state index >= 15 is 0 Å². The monoisotopic (exact) mass is 478 g/mol. The number of aryl methyl sites for hydroxylation is 1. The van der Waals surface area contributed by atoms with E-state index in [-0.39, 0.29) is 23.8 Å². The summed E-state index contributed by atoms with van der Waals surface area (Å²) < 4.78 is 25.1. The zero-order valence-corrected chi connectivity index (χ0v) is 19.8. The van der Waals surface area contributed by atoms with Crippen LogP contribution in [0, 0.1) is 5.82 Å². The average Bonchev–Trinajstić information content (AvgIpc) is 3.31. The molecule has 4 aromatic rings. The largest absolute Gasteiger partial charge is 0.493 e. The first-order valence-electron chi connectivity index (χ1n) is 10.7. The molecule has 34 heavy (non-hydrogen) atoms. The Morgan fingerprint density at radius 3 is 2.59 bits per heavy atom. The van der Waals surface area contributed by atoms with Crippen LogP contribution in [0.1, 0.15) is 33.3 Å². The van der Waals surface area contributed by atoms with Crippen LogP contribution in [-0.4, -0.2) is 37.4 Å². The Labute approximate surface area is 200 Å². The lowest BCUT2D eigenvalue weighted by molar-refractivity contribution is 0.0902. The van der Waals surface area contributed by atoms with Crippen LogP contribution in [0.25, 0.3) is 21.3 Å². The molecule has 0 saturated heterocycles. The van der Waals surface area contributed by atoms with E-state index < -0.39 is 5.91 Å². The summed E-state index contributed by atoms with van der Waals surface area (Å²) in [6.45, 7) is 1.77. The number of thiophene rings is 1. The number of nitrogens with zero attached hydrogens (tertiary/aromatic N) is 1. The number of fused-ring (bicyclic) bond motifs is 1. The Morgan fingerprint density at radius 2 is 1.85 bits per heavy atom. The number of ether oxygens (including phenoxy) is 2. The van der Waals surface area contributed by atoms with Gasteiger partial charge in [-0.2, -0.15) is 0 Å². The highest BCUT2D eigenvalue weighted by Crippen LogP contribution is 2.35. The van der Waals surface area contributed by atoms with Gasteiger partial charge in [-0.25, -0.2) is 9.37 Å². The van der Waals surface area contributed by atoms with Crippen molar-refractivity contribution in [2.45, 2.75) is 13.3 Å². The summed E-state index contributed by atoms with van der Waals surface area (Å²) in [6, 6.07) is 13.3. The van der Waals surface area contributed by atoms with E-state index in [0.29, 0.717) is 33.9 Å². The van der Waals surface area contributed by atoms with Crippen molar-refractivity contribution in [2.75, 3.05) is 20.8 Å². The molecule has 4 rings (SSSR count). The van der Waals surface area contributed by atoms with Crippen LogP contribution in [0.2, 0.25) is 0 Å². The van der Waals surface area contributed by atoms with Gasteiger partial charge in [0.15, 0.2) is 17.3 Å². The molecule has 6 nitrogen and oxygen atoms in total. The molecule has 0 spiro atoms. The number of ketones is 1. The Bertz CT molecular complexity index is 1380. The van der Waals surface area contributed by atoms with Gasteiger partial charge >= 0.3 is 0 Å². The summed E-state index contributed by atoms with van der Waals surface area (Å²) in [5, 5.41) is 5.25. The Hall–Kier alpha value is -3.78. The van der Waals surface area contributed by atoms with E-state index in [0.717, 1.165) is 16.5 Å². The molecular weight excluding hydrogens is 455 g/mol. The van der Waals surface area contributed by atoms with Gasteiger partial charge in [0.2, 0.25) is 0 Å². The number of hydrogen-bond acceptors (Lipinski definition) is 6. The summed E-state index contributed by atoms with van der Waals surface area (Å²) in [4.78, 5) is 30.1. The molecule has 0 unspecified atom stereocenters. The first kappa shape index (κ1) is 23.4. The molecule has 0 radical (unpaired) electrons. The van der Waals surface area contributed by atoms with Crippen molar-refractivity contribution in [1.29, 1.82) is 0 Å². The number of halogens is 1. The third kappa shape index (κ3) is 4.63. The second-order valence-corrected chi connectivity index (χ2v) is 8.42. The summed E-state index contributed by atoms with van der Waals surface area (Å²) in [5.74, 6) is -0.0990. The minimum atomic E-state index is -0.416. The molecule has 0 aliphatic carbocycles. The van der Waals surface area contributed by atoms with Crippen LogP contribution in [0.4, 0.5) is 4.39 Å². The van der Waals surface area contributed by atoms with E-state index in [9.17, 15) is 14.0 Å². The fourth-order valence-corrected chi connectivity index (χ4v) is 4.59. The minimum absolute atomic E-state index is 0.216. The first-order valence-corrected chi connectivity index (χ1v) is 11.5. The molecule has 0 atom stereocenters. The van der Waals surface area contributed by atoms with Gasteiger partial charge in [-0.15, -0.1) is 11.3 Å². The molecule has 0 saturated carbocycles. The molecule has 2 aromatic carbocycles. The average molecular weight is 479 g/mol. The van der Waals surface area contributed by atoms with E-state index in [1.54, 1.807) is 30.3 Å². The second kappa shape index (κ2) is 10.0. The Morgan fingerprint density at radius 1 is 1.06 bits per heavy atom. The summed E-state index contributed by atoms with van der Waals surface area (Å²) in [6.07, 6.45) is 0.699. The van der Waals surface area contributed by atoms with Gasteiger partial charge in [-0.3, -0.25) is 9.59 Å². The smallest absolute Gasteiger partial charge is 0.251 e. The van der Waals surface area contributed by atoms with Gasteiger partial charge in [0, 0.05) is 21.9 Å².